The molecule has 0 unspecified atom stereocenters. The van der Waals surface area contributed by atoms with Gasteiger partial charge in [0.25, 0.3) is 0 Å². The number of nitrogens with zero attached hydrogens (tertiary/aromatic N) is 3. The van der Waals surface area contributed by atoms with Crippen LogP contribution in [0.2, 0.25) is 0 Å². The lowest BCUT2D eigenvalue weighted by atomic mass is 10.2. The molecule has 0 saturated heterocycles. The average molecular weight is 229 g/mol. The molecule has 0 aliphatic heterocycles. The van der Waals surface area contributed by atoms with Crippen LogP contribution in [-0.2, 0) is 0 Å². The van der Waals surface area contributed by atoms with E-state index in [4.69, 9.17) is 0 Å². The van der Waals surface area contributed by atoms with E-state index in [2.05, 4.69) is 15.2 Å². The van der Waals surface area contributed by atoms with Gasteiger partial charge in [0.1, 0.15) is 17.2 Å². The Bertz CT molecular complexity index is 530. The number of aromatic hydroxyl groups is 2. The van der Waals surface area contributed by atoms with E-state index in [-0.39, 0.29) is 11.5 Å². The van der Waals surface area contributed by atoms with E-state index in [0.717, 1.165) is 0 Å². The first-order chi connectivity index (χ1) is 8.16. The molecule has 0 fully saturated rings. The summed E-state index contributed by atoms with van der Waals surface area (Å²) in [7, 11) is 0. The Hall–Kier alpha value is -2.43. The van der Waals surface area contributed by atoms with Crippen molar-refractivity contribution in [3.05, 3.63) is 42.1 Å². The number of benzene rings is 1. The number of hydrogen-bond acceptors (Lipinski definition) is 5. The molecule has 5 heteroatoms. The maximum atomic E-state index is 9.62. The van der Waals surface area contributed by atoms with Crippen LogP contribution in [0, 0.1) is 6.92 Å². The second-order valence-electron chi connectivity index (χ2n) is 3.52. The van der Waals surface area contributed by atoms with Gasteiger partial charge in [-0.05, 0) is 30.7 Å². The minimum absolute atomic E-state index is 0.00298. The summed E-state index contributed by atoms with van der Waals surface area (Å²) in [4.78, 5) is 3.98. The summed E-state index contributed by atoms with van der Waals surface area (Å²) >= 11 is 0. The molecule has 0 saturated carbocycles. The second-order valence-corrected chi connectivity index (χ2v) is 3.52. The molecule has 2 rings (SSSR count). The number of pyridine rings is 1. The molecule has 5 nitrogen and oxygen atoms in total. The fraction of sp³-hybridized carbons (Fsp3) is 0.0833. The highest BCUT2D eigenvalue weighted by Crippen LogP contribution is 2.34. The molecule has 2 aromatic rings. The number of rotatable bonds is 2. The number of hydrogen-bond donors (Lipinski definition) is 2. The van der Waals surface area contributed by atoms with Gasteiger partial charge in [-0.15, -0.1) is 10.2 Å². The van der Waals surface area contributed by atoms with Crippen molar-refractivity contribution >= 4 is 11.5 Å². The predicted octanol–water partition coefficient (Wildman–Crippen LogP) is 3.22. The Morgan fingerprint density at radius 1 is 1.12 bits per heavy atom. The van der Waals surface area contributed by atoms with E-state index in [1.807, 2.05) is 0 Å². The van der Waals surface area contributed by atoms with Gasteiger partial charge in [0, 0.05) is 12.3 Å². The van der Waals surface area contributed by atoms with E-state index in [0.29, 0.717) is 17.1 Å². The van der Waals surface area contributed by atoms with Gasteiger partial charge in [0.15, 0.2) is 5.82 Å². The third-order valence-corrected chi connectivity index (χ3v) is 2.17. The second kappa shape index (κ2) is 4.61. The van der Waals surface area contributed by atoms with E-state index in [1.54, 1.807) is 31.3 Å². The Morgan fingerprint density at radius 2 is 1.94 bits per heavy atom. The molecule has 0 bridgehead atoms. The summed E-state index contributed by atoms with van der Waals surface area (Å²) in [5.41, 5.74) is 0.968. The van der Waals surface area contributed by atoms with E-state index >= 15 is 0 Å². The van der Waals surface area contributed by atoms with E-state index in [9.17, 15) is 10.2 Å². The van der Waals surface area contributed by atoms with Gasteiger partial charge < -0.3 is 10.2 Å². The minimum atomic E-state index is -0.109. The summed E-state index contributed by atoms with van der Waals surface area (Å²) in [6.45, 7) is 1.73. The Kier molecular flexibility index (Phi) is 3.00. The van der Waals surface area contributed by atoms with Crippen LogP contribution < -0.4 is 0 Å². The van der Waals surface area contributed by atoms with Crippen LogP contribution >= 0.6 is 0 Å². The summed E-state index contributed by atoms with van der Waals surface area (Å²) in [5, 5.41) is 26.7. The van der Waals surface area contributed by atoms with Gasteiger partial charge >= 0.3 is 0 Å². The molecule has 1 aromatic heterocycles. The minimum Gasteiger partial charge on any atom is -0.508 e. The molecule has 0 aliphatic rings. The first-order valence-corrected chi connectivity index (χ1v) is 5.02. The third-order valence-electron chi connectivity index (χ3n) is 2.17. The van der Waals surface area contributed by atoms with Crippen LogP contribution in [0.1, 0.15) is 5.56 Å². The predicted molar refractivity (Wildman–Crippen MR) is 62.9 cm³/mol. The molecule has 86 valence electrons. The van der Waals surface area contributed by atoms with Crippen molar-refractivity contribution in [1.82, 2.24) is 4.98 Å². The topological polar surface area (TPSA) is 78.1 Å². The summed E-state index contributed by atoms with van der Waals surface area (Å²) in [6.07, 6.45) is 1.61. The summed E-state index contributed by atoms with van der Waals surface area (Å²) in [5.74, 6) is 0.346. The molecule has 0 radical (unpaired) electrons. The largest absolute Gasteiger partial charge is 0.508 e. The van der Waals surface area contributed by atoms with Crippen molar-refractivity contribution in [3.63, 3.8) is 0 Å². The van der Waals surface area contributed by atoms with Gasteiger partial charge in [-0.3, -0.25) is 0 Å². The lowest BCUT2D eigenvalue weighted by Gasteiger charge is -2.02. The highest BCUT2D eigenvalue weighted by atomic mass is 16.3. The molecule has 1 aromatic carbocycles. The molecule has 0 spiro atoms. The normalized spacial score (nSPS) is 10.9. The number of phenols is 2. The molecule has 1 heterocycles. The zero-order valence-corrected chi connectivity index (χ0v) is 9.20. The zero-order valence-electron chi connectivity index (χ0n) is 9.20. The Morgan fingerprint density at radius 3 is 2.59 bits per heavy atom. The number of phenolic OH excluding ortho intramolecular Hbond substituents is 2. The van der Waals surface area contributed by atoms with Gasteiger partial charge in [0.2, 0.25) is 0 Å². The lowest BCUT2D eigenvalue weighted by Crippen LogP contribution is -1.76. The van der Waals surface area contributed by atoms with Crippen LogP contribution in [0.5, 0.6) is 11.5 Å². The van der Waals surface area contributed by atoms with Crippen molar-refractivity contribution in [2.45, 2.75) is 6.92 Å². The van der Waals surface area contributed by atoms with Gasteiger partial charge in [0.05, 0.1) is 0 Å². The van der Waals surface area contributed by atoms with Gasteiger partial charge in [-0.1, -0.05) is 6.07 Å². The molecule has 0 atom stereocenters. The molecular formula is C12H11N3O2. The standard InChI is InChI=1S/C12H11N3O2/c1-8-6-9(16)7-10(17)12(8)15-14-11-4-2-3-5-13-11/h2-7,16-17H,1H3. The van der Waals surface area contributed by atoms with Crippen molar-refractivity contribution in [2.75, 3.05) is 0 Å². The summed E-state index contributed by atoms with van der Waals surface area (Å²) in [6, 6.07) is 8.01. The van der Waals surface area contributed by atoms with Crippen molar-refractivity contribution < 1.29 is 10.2 Å². The van der Waals surface area contributed by atoms with Crippen LogP contribution in [-0.4, -0.2) is 15.2 Å². The Balaban J connectivity index is 2.34. The fourth-order valence-corrected chi connectivity index (χ4v) is 1.39. The van der Waals surface area contributed by atoms with Gasteiger partial charge in [-0.2, -0.15) is 0 Å². The van der Waals surface area contributed by atoms with Crippen LogP contribution in [0.15, 0.2) is 46.8 Å². The maximum Gasteiger partial charge on any atom is 0.174 e. The van der Waals surface area contributed by atoms with Crippen molar-refractivity contribution in [2.24, 2.45) is 10.2 Å². The SMILES string of the molecule is Cc1cc(O)cc(O)c1N=Nc1ccccn1. The highest BCUT2D eigenvalue weighted by molar-refractivity contribution is 5.59. The van der Waals surface area contributed by atoms with Crippen molar-refractivity contribution in [1.29, 1.82) is 0 Å². The van der Waals surface area contributed by atoms with E-state index < -0.39 is 0 Å². The van der Waals surface area contributed by atoms with Crippen molar-refractivity contribution in [3.8, 4) is 11.5 Å². The van der Waals surface area contributed by atoms with E-state index in [1.165, 1.54) is 12.1 Å². The number of aromatic nitrogens is 1. The molecule has 17 heavy (non-hydrogen) atoms. The molecule has 0 aliphatic carbocycles. The number of aryl methyl sites for hydroxylation is 1. The number of azo groups is 1. The fourth-order valence-electron chi connectivity index (χ4n) is 1.39. The quantitative estimate of drug-likeness (QED) is 0.776. The third kappa shape index (κ3) is 2.57. The van der Waals surface area contributed by atoms with Gasteiger partial charge in [-0.25, -0.2) is 4.98 Å². The van der Waals surface area contributed by atoms with Crippen LogP contribution in [0.4, 0.5) is 11.5 Å². The first kappa shape index (κ1) is 11.1. The van der Waals surface area contributed by atoms with Crippen LogP contribution in [0.25, 0.3) is 0 Å². The summed E-state index contributed by atoms with van der Waals surface area (Å²) < 4.78 is 0. The zero-order chi connectivity index (χ0) is 12.3. The Labute approximate surface area is 98.1 Å². The molecular weight excluding hydrogens is 218 g/mol. The van der Waals surface area contributed by atoms with Crippen LogP contribution in [0.3, 0.4) is 0 Å². The molecule has 0 amide bonds. The maximum absolute atomic E-state index is 9.62. The highest BCUT2D eigenvalue weighted by Gasteiger charge is 2.06. The average Bonchev–Trinajstić information content (AvgIpc) is 2.29. The lowest BCUT2D eigenvalue weighted by molar-refractivity contribution is 0.450. The molecule has 2 N–H and O–H groups in total. The monoisotopic (exact) mass is 229 g/mol. The first-order valence-electron chi connectivity index (χ1n) is 5.02. The smallest absolute Gasteiger partial charge is 0.174 e.